The fraction of sp³-hybridized carbons (Fsp3) is 0.200. The molecule has 0 aliphatic heterocycles. The molecule has 1 heterocycles. The molecule has 0 unspecified atom stereocenters. The Bertz CT molecular complexity index is 407. The summed E-state index contributed by atoms with van der Waals surface area (Å²) in [6.45, 7) is 1.62. The Labute approximate surface area is 75.7 Å². The Hall–Kier alpha value is -1.64. The predicted octanol–water partition coefficient (Wildman–Crippen LogP) is 1.50. The maximum absolute atomic E-state index is 11.3. The largest absolute Gasteiger partial charge is 0.505 e. The highest BCUT2D eigenvalue weighted by molar-refractivity contribution is 6.04. The van der Waals surface area contributed by atoms with Gasteiger partial charge < -0.3 is 5.11 Å². The van der Waals surface area contributed by atoms with Gasteiger partial charge in [-0.15, -0.1) is 0 Å². The zero-order valence-electron chi connectivity index (χ0n) is 7.24. The van der Waals surface area contributed by atoms with Crippen LogP contribution in [-0.4, -0.2) is 15.9 Å². The van der Waals surface area contributed by atoms with Crippen LogP contribution < -0.4 is 0 Å². The van der Waals surface area contributed by atoms with E-state index in [0.717, 1.165) is 5.56 Å². The van der Waals surface area contributed by atoms with Gasteiger partial charge in [-0.05, 0) is 18.6 Å². The van der Waals surface area contributed by atoms with Gasteiger partial charge in [0.1, 0.15) is 11.5 Å². The van der Waals surface area contributed by atoms with E-state index in [4.69, 9.17) is 0 Å². The van der Waals surface area contributed by atoms with Crippen molar-refractivity contribution in [3.63, 3.8) is 0 Å². The molecular weight excluding hydrogens is 166 g/mol. The quantitative estimate of drug-likeness (QED) is 0.650. The normalized spacial score (nSPS) is 15.9. The van der Waals surface area contributed by atoms with Crippen LogP contribution >= 0.6 is 0 Å². The Kier molecular flexibility index (Phi) is 1.65. The summed E-state index contributed by atoms with van der Waals surface area (Å²) in [5, 5.41) is 9.60. The van der Waals surface area contributed by atoms with Crippen LogP contribution in [0, 0.1) is 0 Å². The predicted molar refractivity (Wildman–Crippen MR) is 48.2 cm³/mol. The molecule has 0 bridgehead atoms. The van der Waals surface area contributed by atoms with Gasteiger partial charge in [-0.25, -0.2) is 0 Å². The van der Waals surface area contributed by atoms with Gasteiger partial charge in [0, 0.05) is 18.2 Å². The Morgan fingerprint density at radius 1 is 1.54 bits per heavy atom. The average Bonchev–Trinajstić information content (AvgIpc) is 2.15. The van der Waals surface area contributed by atoms with Gasteiger partial charge in [-0.3, -0.25) is 9.78 Å². The van der Waals surface area contributed by atoms with Crippen molar-refractivity contribution in [2.45, 2.75) is 13.3 Å². The number of carbonyl (C=O) groups is 1. The molecule has 1 aromatic heterocycles. The molecular formula is C10H9NO2. The fourth-order valence-corrected chi connectivity index (χ4v) is 1.41. The molecule has 0 fully saturated rings. The molecule has 0 spiro atoms. The van der Waals surface area contributed by atoms with Crippen LogP contribution in [0.3, 0.4) is 0 Å². The van der Waals surface area contributed by atoms with Crippen molar-refractivity contribution in [3.8, 4) is 0 Å². The molecule has 0 saturated carbocycles. The van der Waals surface area contributed by atoms with E-state index >= 15 is 0 Å². The number of rotatable bonds is 0. The molecule has 0 atom stereocenters. The van der Waals surface area contributed by atoms with E-state index in [1.54, 1.807) is 19.2 Å². The van der Waals surface area contributed by atoms with Crippen LogP contribution in [0.25, 0.3) is 5.76 Å². The number of hydrogen-bond acceptors (Lipinski definition) is 3. The van der Waals surface area contributed by atoms with Gasteiger partial charge >= 0.3 is 0 Å². The topological polar surface area (TPSA) is 50.2 Å². The average molecular weight is 175 g/mol. The summed E-state index contributed by atoms with van der Waals surface area (Å²) in [5.74, 6) is -0.00940. The van der Waals surface area contributed by atoms with Crippen LogP contribution in [0.4, 0.5) is 0 Å². The minimum Gasteiger partial charge on any atom is -0.505 e. The number of fused-ring (bicyclic) bond motifs is 1. The highest BCUT2D eigenvalue weighted by Gasteiger charge is 2.22. The van der Waals surface area contributed by atoms with Crippen molar-refractivity contribution in [1.82, 2.24) is 4.98 Å². The molecule has 0 saturated heterocycles. The van der Waals surface area contributed by atoms with Crippen molar-refractivity contribution in [2.75, 3.05) is 0 Å². The van der Waals surface area contributed by atoms with E-state index < -0.39 is 0 Å². The Balaban J connectivity index is 2.66. The second-order valence-corrected chi connectivity index (χ2v) is 3.08. The molecule has 1 aliphatic carbocycles. The van der Waals surface area contributed by atoms with Gasteiger partial charge in [0.25, 0.3) is 0 Å². The minimum absolute atomic E-state index is 0.0202. The second-order valence-electron chi connectivity index (χ2n) is 3.08. The number of aliphatic hydroxyl groups excluding tert-OH is 1. The molecule has 13 heavy (non-hydrogen) atoms. The molecule has 1 N–H and O–H groups in total. The first-order valence-corrected chi connectivity index (χ1v) is 4.07. The number of Topliss-reactive ketones (excluding diaryl/α,β-unsaturated/α-hetero) is 1. The lowest BCUT2D eigenvalue weighted by Crippen LogP contribution is -2.15. The second kappa shape index (κ2) is 2.69. The smallest absolute Gasteiger partial charge is 0.166 e. The number of pyridine rings is 1. The third-order valence-electron chi connectivity index (χ3n) is 2.24. The lowest BCUT2D eigenvalue weighted by molar-refractivity contribution is -0.115. The zero-order valence-corrected chi connectivity index (χ0v) is 7.24. The SMILES string of the molecule is CC1=C(O)c2ncccc2CC1=O. The van der Waals surface area contributed by atoms with E-state index in [1.165, 1.54) is 0 Å². The highest BCUT2D eigenvalue weighted by Crippen LogP contribution is 2.24. The third-order valence-corrected chi connectivity index (χ3v) is 2.24. The summed E-state index contributed by atoms with van der Waals surface area (Å²) in [6, 6.07) is 3.57. The highest BCUT2D eigenvalue weighted by atomic mass is 16.3. The standard InChI is InChI=1S/C10H9NO2/c1-6-8(12)5-7-3-2-4-11-9(7)10(6)13/h2-4,13H,5H2,1H3. The number of aliphatic hydroxyl groups is 1. The molecule has 0 radical (unpaired) electrons. The molecule has 1 aromatic rings. The van der Waals surface area contributed by atoms with Crippen molar-refractivity contribution in [3.05, 3.63) is 35.2 Å². The van der Waals surface area contributed by atoms with Gasteiger partial charge in [0.05, 0.1) is 0 Å². The maximum Gasteiger partial charge on any atom is 0.166 e. The van der Waals surface area contributed by atoms with Crippen LogP contribution in [0.1, 0.15) is 18.2 Å². The van der Waals surface area contributed by atoms with Gasteiger partial charge in [0.15, 0.2) is 5.78 Å². The number of nitrogens with zero attached hydrogens (tertiary/aromatic N) is 1. The number of carbonyl (C=O) groups excluding carboxylic acids is 1. The molecule has 3 nitrogen and oxygen atoms in total. The lowest BCUT2D eigenvalue weighted by Gasteiger charge is -2.14. The summed E-state index contributed by atoms with van der Waals surface area (Å²) >= 11 is 0. The van der Waals surface area contributed by atoms with E-state index in [9.17, 15) is 9.90 Å². The van der Waals surface area contributed by atoms with Gasteiger partial charge in [-0.2, -0.15) is 0 Å². The van der Waals surface area contributed by atoms with Crippen molar-refractivity contribution in [1.29, 1.82) is 0 Å². The Morgan fingerprint density at radius 2 is 2.31 bits per heavy atom. The number of hydrogen-bond donors (Lipinski definition) is 1. The Morgan fingerprint density at radius 3 is 3.08 bits per heavy atom. The third kappa shape index (κ3) is 1.13. The minimum atomic E-state index is -0.0296. The first-order chi connectivity index (χ1) is 6.20. The molecule has 1 aliphatic rings. The first-order valence-electron chi connectivity index (χ1n) is 4.07. The number of aromatic nitrogens is 1. The summed E-state index contributed by atoms with van der Waals surface area (Å²) in [4.78, 5) is 15.3. The van der Waals surface area contributed by atoms with Crippen molar-refractivity contribution in [2.24, 2.45) is 0 Å². The number of ketones is 1. The van der Waals surface area contributed by atoms with E-state index in [2.05, 4.69) is 4.98 Å². The number of allylic oxidation sites excluding steroid dienone is 1. The molecule has 0 aromatic carbocycles. The first kappa shape index (κ1) is 7.98. The summed E-state index contributed by atoms with van der Waals surface area (Å²) in [6.07, 6.45) is 1.96. The monoisotopic (exact) mass is 175 g/mol. The molecule has 66 valence electrons. The van der Waals surface area contributed by atoms with E-state index in [-0.39, 0.29) is 11.5 Å². The lowest BCUT2D eigenvalue weighted by atomic mass is 9.94. The van der Waals surface area contributed by atoms with E-state index in [0.29, 0.717) is 17.7 Å². The molecule has 3 heteroatoms. The summed E-state index contributed by atoms with van der Waals surface area (Å²) in [7, 11) is 0. The molecule has 0 amide bonds. The zero-order chi connectivity index (χ0) is 9.42. The van der Waals surface area contributed by atoms with Gasteiger partial charge in [0.2, 0.25) is 0 Å². The van der Waals surface area contributed by atoms with Crippen LogP contribution in [0.15, 0.2) is 23.9 Å². The summed E-state index contributed by atoms with van der Waals surface area (Å²) in [5.41, 5.74) is 1.75. The van der Waals surface area contributed by atoms with Crippen LogP contribution in [-0.2, 0) is 11.2 Å². The van der Waals surface area contributed by atoms with Crippen LogP contribution in [0.2, 0.25) is 0 Å². The fourth-order valence-electron chi connectivity index (χ4n) is 1.41. The maximum atomic E-state index is 11.3. The van der Waals surface area contributed by atoms with E-state index in [1.807, 2.05) is 6.07 Å². The molecule has 2 rings (SSSR count). The van der Waals surface area contributed by atoms with Gasteiger partial charge in [-0.1, -0.05) is 6.07 Å². The summed E-state index contributed by atoms with van der Waals surface area (Å²) < 4.78 is 0. The van der Waals surface area contributed by atoms with Crippen molar-refractivity contribution >= 4 is 11.5 Å². The van der Waals surface area contributed by atoms with Crippen LogP contribution in [0.5, 0.6) is 0 Å². The van der Waals surface area contributed by atoms with Crippen molar-refractivity contribution < 1.29 is 9.90 Å².